The van der Waals surface area contributed by atoms with Gasteiger partial charge in [-0.3, -0.25) is 9.56 Å². The zero-order chi connectivity index (χ0) is 21.3. The van der Waals surface area contributed by atoms with Crippen molar-refractivity contribution in [1.29, 1.82) is 0 Å². The van der Waals surface area contributed by atoms with Crippen LogP contribution in [0.5, 0.6) is 11.6 Å². The van der Waals surface area contributed by atoms with Crippen LogP contribution < -0.4 is 4.74 Å². The van der Waals surface area contributed by atoms with E-state index in [2.05, 4.69) is 4.99 Å². The molecule has 1 aliphatic heterocycles. The summed E-state index contributed by atoms with van der Waals surface area (Å²) in [5, 5.41) is 20.6. The Labute approximate surface area is 182 Å². The number of rotatable bonds is 6. The van der Waals surface area contributed by atoms with Gasteiger partial charge in [0.15, 0.2) is 3.95 Å². The van der Waals surface area contributed by atoms with Crippen LogP contribution in [0.3, 0.4) is 0 Å². The zero-order valence-corrected chi connectivity index (χ0v) is 17.6. The molecule has 3 aromatic rings. The molecule has 0 spiro atoms. The fourth-order valence-corrected chi connectivity index (χ4v) is 4.70. The summed E-state index contributed by atoms with van der Waals surface area (Å²) in [6, 6.07) is 13.8. The van der Waals surface area contributed by atoms with Crippen molar-refractivity contribution in [3.8, 4) is 11.6 Å². The fourth-order valence-electron chi connectivity index (χ4n) is 3.34. The molecule has 2 N–H and O–H groups in total. The predicted octanol–water partition coefficient (Wildman–Crippen LogP) is 5.12. The quantitative estimate of drug-likeness (QED) is 0.522. The number of carbonyl (C=O) groups is 1. The number of nitrogens with zero attached hydrogens (tertiary/aromatic N) is 2. The van der Waals surface area contributed by atoms with Gasteiger partial charge >= 0.3 is 5.97 Å². The molecular formula is C22H18N2O4S2. The van der Waals surface area contributed by atoms with Crippen LogP contribution in [0.2, 0.25) is 0 Å². The van der Waals surface area contributed by atoms with Gasteiger partial charge in [0.05, 0.1) is 17.7 Å². The topological polar surface area (TPSA) is 84.1 Å². The van der Waals surface area contributed by atoms with Crippen LogP contribution in [0.4, 0.5) is 5.69 Å². The highest BCUT2D eigenvalue weighted by atomic mass is 32.1. The van der Waals surface area contributed by atoms with Crippen LogP contribution in [0.15, 0.2) is 53.5 Å². The molecule has 1 unspecified atom stereocenters. The molecule has 1 atom stereocenters. The molecule has 0 bridgehead atoms. The van der Waals surface area contributed by atoms with Gasteiger partial charge in [-0.25, -0.2) is 4.79 Å². The average molecular weight is 439 g/mol. The first kappa shape index (κ1) is 20.1. The van der Waals surface area contributed by atoms with Crippen molar-refractivity contribution in [2.45, 2.75) is 12.5 Å². The third-order valence-electron chi connectivity index (χ3n) is 4.86. The molecule has 30 heavy (non-hydrogen) atoms. The number of carboxylic acids is 1. The molecule has 0 amide bonds. The lowest BCUT2D eigenvalue weighted by atomic mass is 10.1. The van der Waals surface area contributed by atoms with E-state index in [-0.39, 0.29) is 12.3 Å². The number of aliphatic carboxylic acids is 1. The highest BCUT2D eigenvalue weighted by Gasteiger charge is 2.26. The van der Waals surface area contributed by atoms with E-state index in [1.54, 1.807) is 19.4 Å². The summed E-state index contributed by atoms with van der Waals surface area (Å²) in [6.07, 6.45) is 3.69. The number of carboxylic acid groups (broad SMARTS) is 1. The Kier molecular flexibility index (Phi) is 5.52. The molecule has 0 fully saturated rings. The number of hydrogen-bond donors (Lipinski definition) is 2. The number of fused-ring (bicyclic) bond motifs is 1. The van der Waals surface area contributed by atoms with Crippen LogP contribution in [0, 0.1) is 3.95 Å². The highest BCUT2D eigenvalue weighted by Crippen LogP contribution is 2.38. The molecule has 0 saturated heterocycles. The van der Waals surface area contributed by atoms with Gasteiger partial charge in [0.25, 0.3) is 0 Å². The first-order valence-electron chi connectivity index (χ1n) is 9.13. The normalized spacial score (nSPS) is 14.6. The van der Waals surface area contributed by atoms with Gasteiger partial charge in [0, 0.05) is 29.8 Å². The molecule has 6 nitrogen and oxygen atoms in total. The zero-order valence-electron chi connectivity index (χ0n) is 16.0. The molecule has 4 rings (SSSR count). The molecule has 0 aliphatic carbocycles. The van der Waals surface area contributed by atoms with Crippen LogP contribution in [-0.2, 0) is 11.2 Å². The summed E-state index contributed by atoms with van der Waals surface area (Å²) in [4.78, 5) is 16.8. The second-order valence-electron chi connectivity index (χ2n) is 6.71. The number of thiazole rings is 1. The largest absolute Gasteiger partial charge is 0.497 e. The summed E-state index contributed by atoms with van der Waals surface area (Å²) in [5.74, 6) is -0.500. The number of allylic oxidation sites excluding steroid dienone is 1. The van der Waals surface area contributed by atoms with E-state index in [4.69, 9.17) is 17.0 Å². The maximum Gasteiger partial charge on any atom is 0.327 e. The first-order valence-corrected chi connectivity index (χ1v) is 10.4. The SMILES string of the molecule is COc1ccc2c(c1)N=C/C2=C/c1sc(=S)n(C(Cc2ccccc2)C(=O)O)c1O. The second-order valence-corrected chi connectivity index (χ2v) is 8.39. The predicted molar refractivity (Wildman–Crippen MR) is 121 cm³/mol. The van der Waals surface area contributed by atoms with Gasteiger partial charge in [0.1, 0.15) is 11.8 Å². The molecule has 0 radical (unpaired) electrons. The third-order valence-corrected chi connectivity index (χ3v) is 6.19. The van der Waals surface area contributed by atoms with E-state index in [0.717, 1.165) is 22.4 Å². The summed E-state index contributed by atoms with van der Waals surface area (Å²) >= 11 is 6.57. The lowest BCUT2D eigenvalue weighted by Gasteiger charge is -2.15. The minimum Gasteiger partial charge on any atom is -0.497 e. The summed E-state index contributed by atoms with van der Waals surface area (Å²) < 4.78 is 6.83. The Morgan fingerprint density at radius 2 is 2.07 bits per heavy atom. The number of benzene rings is 2. The van der Waals surface area contributed by atoms with Crippen LogP contribution in [0.25, 0.3) is 11.6 Å². The van der Waals surface area contributed by atoms with Crippen molar-refractivity contribution < 1.29 is 19.7 Å². The van der Waals surface area contributed by atoms with Crippen molar-refractivity contribution in [3.05, 3.63) is 68.5 Å². The van der Waals surface area contributed by atoms with Gasteiger partial charge in [-0.05, 0) is 36.0 Å². The molecule has 8 heteroatoms. The number of ether oxygens (including phenoxy) is 1. The van der Waals surface area contributed by atoms with E-state index in [1.165, 1.54) is 15.9 Å². The molecule has 2 heterocycles. The van der Waals surface area contributed by atoms with Crippen molar-refractivity contribution in [2.24, 2.45) is 4.99 Å². The Bertz CT molecular complexity index is 1230. The maximum absolute atomic E-state index is 12.0. The van der Waals surface area contributed by atoms with Crippen molar-refractivity contribution in [2.75, 3.05) is 7.11 Å². The molecule has 2 aromatic carbocycles. The fraction of sp³-hybridized carbons (Fsp3) is 0.136. The Balaban J connectivity index is 1.71. The van der Waals surface area contributed by atoms with Crippen LogP contribution in [0.1, 0.15) is 22.0 Å². The Morgan fingerprint density at radius 3 is 2.77 bits per heavy atom. The summed E-state index contributed by atoms with van der Waals surface area (Å²) in [6.45, 7) is 0. The maximum atomic E-state index is 12.0. The number of aromatic hydroxyl groups is 1. The molecule has 1 aromatic heterocycles. The van der Waals surface area contributed by atoms with E-state index in [9.17, 15) is 15.0 Å². The van der Waals surface area contributed by atoms with Crippen molar-refractivity contribution >= 4 is 53.1 Å². The second kappa shape index (κ2) is 8.25. The van der Waals surface area contributed by atoms with Gasteiger partial charge in [-0.15, -0.1) is 11.3 Å². The van der Waals surface area contributed by atoms with E-state index in [1.807, 2.05) is 48.5 Å². The van der Waals surface area contributed by atoms with Gasteiger partial charge < -0.3 is 14.9 Å². The number of methoxy groups -OCH3 is 1. The van der Waals surface area contributed by atoms with E-state index in [0.29, 0.717) is 14.6 Å². The van der Waals surface area contributed by atoms with E-state index >= 15 is 0 Å². The molecular weight excluding hydrogens is 420 g/mol. The number of aliphatic imine (C=N–C) groups is 1. The average Bonchev–Trinajstić information content (AvgIpc) is 3.27. The Morgan fingerprint density at radius 1 is 1.30 bits per heavy atom. The standard InChI is InChI=1S/C22H18N2O4S2/c1-28-15-7-8-16-14(12-23-17(16)11-15)10-19-20(25)24(22(29)30-19)18(21(26)27)9-13-5-3-2-4-6-13/h2-8,10-12,18,25H,9H2,1H3,(H,26,27)/b14-10-. The Hall–Kier alpha value is -3.23. The highest BCUT2D eigenvalue weighted by molar-refractivity contribution is 7.73. The lowest BCUT2D eigenvalue weighted by Crippen LogP contribution is -2.21. The van der Waals surface area contributed by atoms with Gasteiger partial charge in [0.2, 0.25) is 5.88 Å². The van der Waals surface area contributed by atoms with Crippen LogP contribution >= 0.6 is 23.6 Å². The minimum atomic E-state index is -1.05. The summed E-state index contributed by atoms with van der Waals surface area (Å²) in [7, 11) is 1.60. The lowest BCUT2D eigenvalue weighted by molar-refractivity contribution is -0.141. The molecule has 1 aliphatic rings. The number of hydrogen-bond acceptors (Lipinski definition) is 6. The smallest absolute Gasteiger partial charge is 0.327 e. The molecule has 152 valence electrons. The minimum absolute atomic E-state index is 0.156. The van der Waals surface area contributed by atoms with Crippen LogP contribution in [-0.4, -0.2) is 34.1 Å². The number of aromatic nitrogens is 1. The summed E-state index contributed by atoms with van der Waals surface area (Å²) in [5.41, 5.74) is 3.33. The van der Waals surface area contributed by atoms with Gasteiger partial charge in [-0.1, -0.05) is 30.3 Å². The first-order chi connectivity index (χ1) is 14.5. The van der Waals surface area contributed by atoms with Crippen molar-refractivity contribution in [3.63, 3.8) is 0 Å². The molecule has 0 saturated carbocycles. The third kappa shape index (κ3) is 3.79. The van der Waals surface area contributed by atoms with Crippen molar-refractivity contribution in [1.82, 2.24) is 4.57 Å². The van der Waals surface area contributed by atoms with Gasteiger partial charge in [-0.2, -0.15) is 0 Å². The monoisotopic (exact) mass is 438 g/mol. The van der Waals surface area contributed by atoms with E-state index < -0.39 is 12.0 Å².